The summed E-state index contributed by atoms with van der Waals surface area (Å²) in [7, 11) is 0. The second-order valence-corrected chi connectivity index (χ2v) is 3.87. The first-order chi connectivity index (χ1) is 6.24. The van der Waals surface area contributed by atoms with Crippen molar-refractivity contribution in [2.24, 2.45) is 5.10 Å². The maximum atomic E-state index is 4.94. The highest BCUT2D eigenvalue weighted by Crippen LogP contribution is 1.98. The van der Waals surface area contributed by atoms with Crippen LogP contribution in [-0.4, -0.2) is 21.3 Å². The number of nitrogens with one attached hydrogen (secondary N) is 2. The summed E-state index contributed by atoms with van der Waals surface area (Å²) in [6.07, 6.45) is 3.77. The number of aromatic amines is 1. The maximum Gasteiger partial charge on any atom is 0.153 e. The van der Waals surface area contributed by atoms with E-state index in [1.165, 1.54) is 11.8 Å². The molecule has 0 amide bonds. The van der Waals surface area contributed by atoms with E-state index in [2.05, 4.69) is 15.5 Å². The Bertz CT molecular complexity index is 303. The summed E-state index contributed by atoms with van der Waals surface area (Å²) in [4.78, 5) is 3.06. The van der Waals surface area contributed by atoms with Crippen molar-refractivity contribution in [1.29, 1.82) is 0 Å². The normalized spacial score (nSPS) is 11.4. The Morgan fingerprint density at radius 1 is 1.69 bits per heavy atom. The number of aromatic nitrogens is 1. The van der Waals surface area contributed by atoms with Crippen LogP contribution in [0.25, 0.3) is 0 Å². The van der Waals surface area contributed by atoms with Crippen LogP contribution >= 0.6 is 24.0 Å². The lowest BCUT2D eigenvalue weighted by Gasteiger charge is -1.99. The molecular weight excluding hydrogens is 202 g/mol. The molecule has 0 aliphatic carbocycles. The fourth-order valence-electron chi connectivity index (χ4n) is 0.791. The van der Waals surface area contributed by atoms with Gasteiger partial charge < -0.3 is 4.98 Å². The lowest BCUT2D eigenvalue weighted by molar-refractivity contribution is 1.05. The van der Waals surface area contributed by atoms with Gasteiger partial charge in [0.2, 0.25) is 0 Å². The zero-order valence-electron chi connectivity index (χ0n) is 7.50. The first-order valence-electron chi connectivity index (χ1n) is 3.76. The van der Waals surface area contributed by atoms with Crippen molar-refractivity contribution in [3.8, 4) is 0 Å². The first kappa shape index (κ1) is 10.3. The Hall–Kier alpha value is -0.810. The summed E-state index contributed by atoms with van der Waals surface area (Å²) >= 11 is 6.40. The fourth-order valence-corrected chi connectivity index (χ4v) is 0.973. The predicted octanol–water partition coefficient (Wildman–Crippen LogP) is 1.98. The van der Waals surface area contributed by atoms with E-state index in [0.717, 1.165) is 11.4 Å². The van der Waals surface area contributed by atoms with Gasteiger partial charge in [-0.1, -0.05) is 24.0 Å². The van der Waals surface area contributed by atoms with Crippen LogP contribution in [0.2, 0.25) is 0 Å². The van der Waals surface area contributed by atoms with Crippen molar-refractivity contribution in [2.45, 2.75) is 6.92 Å². The Kier molecular flexibility index (Phi) is 3.98. The number of H-pyrrole nitrogens is 1. The van der Waals surface area contributed by atoms with Gasteiger partial charge in [0, 0.05) is 6.20 Å². The number of hydrogen-bond donors (Lipinski definition) is 2. The van der Waals surface area contributed by atoms with Crippen LogP contribution in [0.5, 0.6) is 0 Å². The molecule has 2 N–H and O–H groups in total. The van der Waals surface area contributed by atoms with E-state index in [-0.39, 0.29) is 0 Å². The third-order valence-electron chi connectivity index (χ3n) is 1.49. The van der Waals surface area contributed by atoms with E-state index < -0.39 is 0 Å². The van der Waals surface area contributed by atoms with E-state index in [4.69, 9.17) is 12.2 Å². The summed E-state index contributed by atoms with van der Waals surface area (Å²) < 4.78 is 0.672. The van der Waals surface area contributed by atoms with Crippen molar-refractivity contribution in [3.05, 3.63) is 24.0 Å². The monoisotopic (exact) mass is 213 g/mol. The highest BCUT2D eigenvalue weighted by Gasteiger charge is 1.96. The van der Waals surface area contributed by atoms with E-state index >= 15 is 0 Å². The Morgan fingerprint density at radius 3 is 3.00 bits per heavy atom. The van der Waals surface area contributed by atoms with Crippen molar-refractivity contribution in [2.75, 3.05) is 6.26 Å². The molecule has 3 nitrogen and oxygen atoms in total. The van der Waals surface area contributed by atoms with Gasteiger partial charge in [-0.3, -0.25) is 5.43 Å². The SMILES string of the molecule is CSC(=S)NN=C(C)c1ccc[nH]1. The number of thiocarbonyl (C=S) groups is 1. The van der Waals surface area contributed by atoms with Crippen LogP contribution in [0.3, 0.4) is 0 Å². The van der Waals surface area contributed by atoms with Gasteiger partial charge >= 0.3 is 0 Å². The summed E-state index contributed by atoms with van der Waals surface area (Å²) in [5, 5.41) is 4.11. The molecule has 1 rings (SSSR count). The number of hydrazone groups is 1. The number of rotatable bonds is 2. The van der Waals surface area contributed by atoms with Crippen LogP contribution < -0.4 is 5.43 Å². The zero-order chi connectivity index (χ0) is 9.68. The molecule has 1 aromatic heterocycles. The number of hydrogen-bond acceptors (Lipinski definition) is 3. The minimum atomic E-state index is 0.672. The van der Waals surface area contributed by atoms with Gasteiger partial charge in [0.05, 0.1) is 11.4 Å². The summed E-state index contributed by atoms with van der Waals surface area (Å²) in [6.45, 7) is 1.92. The molecule has 1 heterocycles. The zero-order valence-corrected chi connectivity index (χ0v) is 9.13. The number of nitrogens with zero attached hydrogens (tertiary/aromatic N) is 1. The third kappa shape index (κ3) is 3.20. The molecule has 0 fully saturated rings. The highest BCUT2D eigenvalue weighted by atomic mass is 32.2. The van der Waals surface area contributed by atoms with E-state index in [0.29, 0.717) is 4.32 Å². The van der Waals surface area contributed by atoms with Crippen LogP contribution in [-0.2, 0) is 0 Å². The molecule has 5 heteroatoms. The minimum Gasteiger partial charge on any atom is -0.360 e. The first-order valence-corrected chi connectivity index (χ1v) is 5.39. The average molecular weight is 213 g/mol. The number of thioether (sulfide) groups is 1. The van der Waals surface area contributed by atoms with Crippen molar-refractivity contribution >= 4 is 34.0 Å². The maximum absolute atomic E-state index is 4.94. The van der Waals surface area contributed by atoms with Gasteiger partial charge in [-0.25, -0.2) is 0 Å². The second-order valence-electron chi connectivity index (χ2n) is 2.38. The van der Waals surface area contributed by atoms with Gasteiger partial charge in [0.15, 0.2) is 4.32 Å². The highest BCUT2D eigenvalue weighted by molar-refractivity contribution is 8.22. The molecule has 70 valence electrons. The molecule has 0 aliphatic rings. The Morgan fingerprint density at radius 2 is 2.46 bits per heavy atom. The summed E-state index contributed by atoms with van der Waals surface area (Å²) in [5.41, 5.74) is 4.67. The van der Waals surface area contributed by atoms with Gasteiger partial charge in [0.25, 0.3) is 0 Å². The molecule has 0 radical (unpaired) electrons. The minimum absolute atomic E-state index is 0.672. The van der Waals surface area contributed by atoms with Crippen LogP contribution in [0.15, 0.2) is 23.4 Å². The van der Waals surface area contributed by atoms with Crippen LogP contribution in [0, 0.1) is 0 Å². The molecular formula is C8H11N3S2. The van der Waals surface area contributed by atoms with E-state index in [1.54, 1.807) is 0 Å². The summed E-state index contributed by atoms with van der Waals surface area (Å²) in [6, 6.07) is 3.89. The lowest BCUT2D eigenvalue weighted by Crippen LogP contribution is -2.13. The van der Waals surface area contributed by atoms with Crippen LogP contribution in [0.4, 0.5) is 0 Å². The average Bonchev–Trinajstić information content (AvgIpc) is 2.66. The smallest absolute Gasteiger partial charge is 0.153 e. The van der Waals surface area contributed by atoms with Crippen LogP contribution in [0.1, 0.15) is 12.6 Å². The standard InChI is InChI=1S/C8H11N3S2/c1-6(7-4-3-5-9-7)10-11-8(12)13-2/h3-5,9H,1-2H3,(H,11,12). The Balaban J connectivity index is 2.57. The molecule has 0 unspecified atom stereocenters. The largest absolute Gasteiger partial charge is 0.360 e. The summed E-state index contributed by atoms with van der Waals surface area (Å²) in [5.74, 6) is 0. The second kappa shape index (κ2) is 5.04. The molecule has 0 aliphatic heterocycles. The van der Waals surface area contributed by atoms with E-state index in [1.807, 2.05) is 31.5 Å². The molecule has 0 bridgehead atoms. The molecule has 0 aromatic carbocycles. The molecule has 13 heavy (non-hydrogen) atoms. The molecule has 0 atom stereocenters. The molecule has 0 saturated carbocycles. The van der Waals surface area contributed by atoms with Crippen molar-refractivity contribution in [3.63, 3.8) is 0 Å². The van der Waals surface area contributed by atoms with Crippen molar-refractivity contribution < 1.29 is 0 Å². The Labute approximate surface area is 87.0 Å². The molecule has 1 aromatic rings. The topological polar surface area (TPSA) is 40.2 Å². The lowest BCUT2D eigenvalue weighted by atomic mass is 10.3. The van der Waals surface area contributed by atoms with E-state index in [9.17, 15) is 0 Å². The van der Waals surface area contributed by atoms with Crippen molar-refractivity contribution in [1.82, 2.24) is 10.4 Å². The predicted molar refractivity (Wildman–Crippen MR) is 62.3 cm³/mol. The third-order valence-corrected chi connectivity index (χ3v) is 2.54. The van der Waals surface area contributed by atoms with Gasteiger partial charge in [-0.05, 0) is 25.3 Å². The fraction of sp³-hybridized carbons (Fsp3) is 0.250. The molecule has 0 spiro atoms. The van der Waals surface area contributed by atoms with Gasteiger partial charge in [-0.15, -0.1) is 0 Å². The molecule has 0 saturated heterocycles. The van der Waals surface area contributed by atoms with Gasteiger partial charge in [0.1, 0.15) is 0 Å². The quantitative estimate of drug-likeness (QED) is 0.448. The van der Waals surface area contributed by atoms with Gasteiger partial charge in [-0.2, -0.15) is 5.10 Å².